The van der Waals surface area contributed by atoms with Crippen LogP contribution in [0.2, 0.25) is 0 Å². The molecule has 1 N–H and O–H groups in total. The zero-order chi connectivity index (χ0) is 14.8. The number of anilines is 1. The lowest BCUT2D eigenvalue weighted by Gasteiger charge is -2.07. The molecule has 2 heterocycles. The van der Waals surface area contributed by atoms with E-state index in [2.05, 4.69) is 23.3 Å². The van der Waals surface area contributed by atoms with Gasteiger partial charge in [0.15, 0.2) is 5.52 Å². The zero-order valence-corrected chi connectivity index (χ0v) is 13.0. The molecule has 0 unspecified atom stereocenters. The fourth-order valence-electron chi connectivity index (χ4n) is 2.26. The summed E-state index contributed by atoms with van der Waals surface area (Å²) in [7, 11) is 0. The standard InChI is InChI=1S/C14H13N3O2S2/c1-2-9-5-6-20-12(9)7-15-10-3-4-11-13(16-8-21-11)14(10)17(18)19/h3-6,8,15H,2,7H2,1H3. The molecule has 0 bridgehead atoms. The second-order valence-corrected chi connectivity index (χ2v) is 6.38. The van der Waals surface area contributed by atoms with E-state index in [9.17, 15) is 10.1 Å². The van der Waals surface area contributed by atoms with Gasteiger partial charge in [0.1, 0.15) is 5.69 Å². The lowest BCUT2D eigenvalue weighted by Crippen LogP contribution is -2.03. The Balaban J connectivity index is 1.93. The van der Waals surface area contributed by atoms with Crippen LogP contribution in [0.15, 0.2) is 29.1 Å². The van der Waals surface area contributed by atoms with E-state index in [4.69, 9.17) is 0 Å². The summed E-state index contributed by atoms with van der Waals surface area (Å²) < 4.78 is 0.831. The molecule has 0 atom stereocenters. The van der Waals surface area contributed by atoms with Crippen LogP contribution in [-0.4, -0.2) is 9.91 Å². The highest BCUT2D eigenvalue weighted by molar-refractivity contribution is 7.16. The molecule has 1 aromatic carbocycles. The van der Waals surface area contributed by atoms with Crippen molar-refractivity contribution in [3.63, 3.8) is 0 Å². The van der Waals surface area contributed by atoms with Crippen LogP contribution >= 0.6 is 22.7 Å². The smallest absolute Gasteiger partial charge is 0.319 e. The molecule has 0 fully saturated rings. The highest BCUT2D eigenvalue weighted by Crippen LogP contribution is 2.34. The van der Waals surface area contributed by atoms with Crippen molar-refractivity contribution < 1.29 is 4.92 Å². The normalized spacial score (nSPS) is 10.9. The lowest BCUT2D eigenvalue weighted by molar-refractivity contribution is -0.382. The number of benzene rings is 1. The van der Waals surface area contributed by atoms with E-state index in [0.717, 1.165) is 11.1 Å². The number of hydrogen-bond acceptors (Lipinski definition) is 6. The molecule has 21 heavy (non-hydrogen) atoms. The maximum Gasteiger partial charge on any atom is 0.319 e. The monoisotopic (exact) mass is 319 g/mol. The van der Waals surface area contributed by atoms with Gasteiger partial charge in [-0.3, -0.25) is 10.1 Å². The number of nitrogens with zero attached hydrogens (tertiary/aromatic N) is 2. The Kier molecular flexibility index (Phi) is 3.85. The number of fused-ring (bicyclic) bond motifs is 1. The summed E-state index contributed by atoms with van der Waals surface area (Å²) >= 11 is 3.08. The zero-order valence-electron chi connectivity index (χ0n) is 11.3. The van der Waals surface area contributed by atoms with Crippen molar-refractivity contribution in [3.8, 4) is 0 Å². The Labute approximate surface area is 129 Å². The van der Waals surface area contributed by atoms with Gasteiger partial charge >= 0.3 is 5.69 Å². The summed E-state index contributed by atoms with van der Waals surface area (Å²) in [5.41, 5.74) is 3.95. The van der Waals surface area contributed by atoms with E-state index in [1.165, 1.54) is 21.8 Å². The molecule has 0 radical (unpaired) electrons. The molecular weight excluding hydrogens is 306 g/mol. The van der Waals surface area contributed by atoms with Gasteiger partial charge in [0.25, 0.3) is 0 Å². The number of thiazole rings is 1. The molecule has 3 rings (SSSR count). The van der Waals surface area contributed by atoms with E-state index in [-0.39, 0.29) is 10.6 Å². The summed E-state index contributed by atoms with van der Waals surface area (Å²) in [5, 5.41) is 16.6. The molecule has 3 aromatic rings. The average Bonchev–Trinajstić information content (AvgIpc) is 3.12. The molecule has 108 valence electrons. The quantitative estimate of drug-likeness (QED) is 0.557. The molecule has 7 heteroatoms. The predicted octanol–water partition coefficient (Wildman–Crippen LogP) is 4.44. The Morgan fingerprint density at radius 2 is 2.19 bits per heavy atom. The average molecular weight is 319 g/mol. The number of nitro benzene ring substituents is 1. The SMILES string of the molecule is CCc1ccsc1CNc1ccc2scnc2c1[N+](=O)[O-]. The summed E-state index contributed by atoms with van der Waals surface area (Å²) in [6.07, 6.45) is 0.966. The second kappa shape index (κ2) is 5.79. The largest absolute Gasteiger partial charge is 0.375 e. The molecular formula is C14H13N3O2S2. The van der Waals surface area contributed by atoms with Crippen LogP contribution < -0.4 is 5.32 Å². The maximum atomic E-state index is 11.4. The Morgan fingerprint density at radius 3 is 2.95 bits per heavy atom. The van der Waals surface area contributed by atoms with Gasteiger partial charge in [-0.05, 0) is 35.6 Å². The topological polar surface area (TPSA) is 68.1 Å². The van der Waals surface area contributed by atoms with Crippen molar-refractivity contribution in [1.29, 1.82) is 0 Å². The molecule has 0 aliphatic rings. The molecule has 0 saturated heterocycles. The first-order chi connectivity index (χ1) is 10.2. The minimum absolute atomic E-state index is 0.0587. The molecule has 0 aliphatic heterocycles. The van der Waals surface area contributed by atoms with E-state index in [1.807, 2.05) is 11.4 Å². The number of nitrogens with one attached hydrogen (secondary N) is 1. The summed E-state index contributed by atoms with van der Waals surface area (Å²) in [5.74, 6) is 0. The van der Waals surface area contributed by atoms with Crippen LogP contribution in [0.5, 0.6) is 0 Å². The third-order valence-corrected chi connectivity index (χ3v) is 5.07. The van der Waals surface area contributed by atoms with Crippen LogP contribution in [0.1, 0.15) is 17.4 Å². The second-order valence-electron chi connectivity index (χ2n) is 4.49. The number of thiophene rings is 1. The van der Waals surface area contributed by atoms with Gasteiger partial charge in [-0.2, -0.15) is 0 Å². The Morgan fingerprint density at radius 1 is 1.33 bits per heavy atom. The maximum absolute atomic E-state index is 11.4. The number of hydrogen-bond donors (Lipinski definition) is 1. The van der Waals surface area contributed by atoms with Crippen molar-refractivity contribution in [1.82, 2.24) is 4.98 Å². The number of aromatic nitrogens is 1. The molecule has 5 nitrogen and oxygen atoms in total. The Bertz CT molecular complexity index is 794. The van der Waals surface area contributed by atoms with Crippen LogP contribution in [-0.2, 0) is 13.0 Å². The molecule has 0 amide bonds. The highest BCUT2D eigenvalue weighted by Gasteiger charge is 2.20. The summed E-state index contributed by atoms with van der Waals surface area (Å²) in [4.78, 5) is 16.3. The van der Waals surface area contributed by atoms with E-state index >= 15 is 0 Å². The van der Waals surface area contributed by atoms with Gasteiger partial charge in [-0.25, -0.2) is 4.98 Å². The highest BCUT2D eigenvalue weighted by atomic mass is 32.1. The van der Waals surface area contributed by atoms with Gasteiger partial charge in [-0.1, -0.05) is 6.92 Å². The number of rotatable bonds is 5. The fraction of sp³-hybridized carbons (Fsp3) is 0.214. The first-order valence-electron chi connectivity index (χ1n) is 6.50. The first-order valence-corrected chi connectivity index (χ1v) is 8.26. The minimum Gasteiger partial charge on any atom is -0.375 e. The third-order valence-electron chi connectivity index (χ3n) is 3.32. The minimum atomic E-state index is -0.362. The van der Waals surface area contributed by atoms with E-state index < -0.39 is 0 Å². The van der Waals surface area contributed by atoms with Crippen molar-refractivity contribution >= 4 is 44.3 Å². The molecule has 0 aliphatic carbocycles. The van der Waals surface area contributed by atoms with Crippen LogP contribution in [0.4, 0.5) is 11.4 Å². The van der Waals surface area contributed by atoms with Crippen molar-refractivity contribution in [2.75, 3.05) is 5.32 Å². The van der Waals surface area contributed by atoms with Gasteiger partial charge in [-0.15, -0.1) is 22.7 Å². The van der Waals surface area contributed by atoms with Gasteiger partial charge in [0, 0.05) is 11.4 Å². The summed E-state index contributed by atoms with van der Waals surface area (Å²) in [6, 6.07) is 5.73. The lowest BCUT2D eigenvalue weighted by atomic mass is 10.2. The predicted molar refractivity (Wildman–Crippen MR) is 87.3 cm³/mol. The van der Waals surface area contributed by atoms with Crippen molar-refractivity contribution in [3.05, 3.63) is 49.6 Å². The molecule has 0 saturated carbocycles. The van der Waals surface area contributed by atoms with Gasteiger partial charge in [0.05, 0.1) is 15.1 Å². The van der Waals surface area contributed by atoms with E-state index in [1.54, 1.807) is 22.9 Å². The Hall–Kier alpha value is -1.99. The first kappa shape index (κ1) is 14.0. The van der Waals surface area contributed by atoms with Crippen molar-refractivity contribution in [2.45, 2.75) is 19.9 Å². The molecule has 2 aromatic heterocycles. The van der Waals surface area contributed by atoms with Gasteiger partial charge < -0.3 is 5.32 Å². The number of nitro groups is 1. The van der Waals surface area contributed by atoms with Crippen LogP contribution in [0, 0.1) is 10.1 Å². The third kappa shape index (κ3) is 2.62. The van der Waals surface area contributed by atoms with Crippen LogP contribution in [0.3, 0.4) is 0 Å². The summed E-state index contributed by atoms with van der Waals surface area (Å²) in [6.45, 7) is 2.70. The van der Waals surface area contributed by atoms with E-state index in [0.29, 0.717) is 17.7 Å². The fourth-order valence-corrected chi connectivity index (χ4v) is 3.85. The molecule has 0 spiro atoms. The van der Waals surface area contributed by atoms with Crippen molar-refractivity contribution in [2.24, 2.45) is 0 Å². The number of aryl methyl sites for hydroxylation is 1. The van der Waals surface area contributed by atoms with Gasteiger partial charge in [0.2, 0.25) is 0 Å². The van der Waals surface area contributed by atoms with Crippen LogP contribution in [0.25, 0.3) is 10.2 Å².